The van der Waals surface area contributed by atoms with Gasteiger partial charge in [0.2, 0.25) is 5.95 Å². The van der Waals surface area contributed by atoms with Gasteiger partial charge >= 0.3 is 0 Å². The first-order valence-corrected chi connectivity index (χ1v) is 8.24. The first kappa shape index (κ1) is 15.6. The van der Waals surface area contributed by atoms with E-state index in [2.05, 4.69) is 35.9 Å². The Morgan fingerprint density at radius 2 is 1.95 bits per heavy atom. The summed E-state index contributed by atoms with van der Waals surface area (Å²) in [4.78, 5) is 7.67. The van der Waals surface area contributed by atoms with Crippen molar-refractivity contribution in [3.8, 4) is 0 Å². The highest BCUT2D eigenvalue weighted by Gasteiger charge is 2.17. The summed E-state index contributed by atoms with van der Waals surface area (Å²) in [7, 11) is -3.88. The lowest BCUT2D eigenvalue weighted by Crippen LogP contribution is -2.14. The molecule has 2 rings (SSSR count). The van der Waals surface area contributed by atoms with Gasteiger partial charge in [-0.05, 0) is 41.1 Å². The molecule has 0 aliphatic heterocycles. The molecule has 0 atom stereocenters. The molecule has 21 heavy (non-hydrogen) atoms. The van der Waals surface area contributed by atoms with Gasteiger partial charge in [-0.3, -0.25) is 4.72 Å². The molecule has 0 saturated carbocycles. The molecule has 2 N–H and O–H groups in total. The van der Waals surface area contributed by atoms with Crippen LogP contribution in [0.3, 0.4) is 0 Å². The average molecular weight is 375 g/mol. The van der Waals surface area contributed by atoms with Crippen molar-refractivity contribution < 1.29 is 12.8 Å². The van der Waals surface area contributed by atoms with E-state index in [1.807, 2.05) is 6.92 Å². The topological polar surface area (TPSA) is 84.0 Å². The Balaban J connectivity index is 2.27. The Morgan fingerprint density at radius 3 is 2.57 bits per heavy atom. The number of sulfonamides is 1. The molecule has 2 aromatic rings. The number of hydrogen-bond acceptors (Lipinski definition) is 5. The Hall–Kier alpha value is -1.74. The van der Waals surface area contributed by atoms with E-state index in [9.17, 15) is 12.8 Å². The van der Waals surface area contributed by atoms with Gasteiger partial charge in [-0.15, -0.1) is 0 Å². The Kier molecular flexibility index (Phi) is 4.73. The van der Waals surface area contributed by atoms with Gasteiger partial charge in [0, 0.05) is 11.0 Å². The van der Waals surface area contributed by atoms with Crippen molar-refractivity contribution in [1.29, 1.82) is 0 Å². The monoisotopic (exact) mass is 374 g/mol. The standard InChI is InChI=1S/C12H12BrFN4O2S/c1-2-15-12-16-6-9(7-17-12)21(19,20)18-11-5-8(14)3-4-10(11)13/h3-7,18H,2H2,1H3,(H,15,16,17). The minimum atomic E-state index is -3.88. The van der Waals surface area contributed by atoms with E-state index < -0.39 is 15.8 Å². The quantitative estimate of drug-likeness (QED) is 0.840. The maximum absolute atomic E-state index is 13.2. The zero-order chi connectivity index (χ0) is 15.5. The molecule has 1 heterocycles. The molecule has 0 bridgehead atoms. The number of hydrogen-bond donors (Lipinski definition) is 2. The lowest BCUT2D eigenvalue weighted by atomic mass is 10.3. The zero-order valence-electron chi connectivity index (χ0n) is 11.0. The molecule has 112 valence electrons. The Morgan fingerprint density at radius 1 is 1.29 bits per heavy atom. The molecule has 0 radical (unpaired) electrons. The highest BCUT2D eigenvalue weighted by molar-refractivity contribution is 9.10. The van der Waals surface area contributed by atoms with Crippen LogP contribution in [-0.2, 0) is 10.0 Å². The average Bonchev–Trinajstić information content (AvgIpc) is 2.44. The van der Waals surface area contributed by atoms with Gasteiger partial charge in [0.15, 0.2) is 0 Å². The van der Waals surface area contributed by atoms with Crippen molar-refractivity contribution in [2.45, 2.75) is 11.8 Å². The van der Waals surface area contributed by atoms with Crippen LogP contribution in [0.25, 0.3) is 0 Å². The van der Waals surface area contributed by atoms with Gasteiger partial charge in [0.25, 0.3) is 10.0 Å². The van der Waals surface area contributed by atoms with Crippen LogP contribution < -0.4 is 10.0 Å². The fourth-order valence-corrected chi connectivity index (χ4v) is 2.92. The summed E-state index contributed by atoms with van der Waals surface area (Å²) >= 11 is 3.15. The minimum absolute atomic E-state index is 0.103. The zero-order valence-corrected chi connectivity index (χ0v) is 13.4. The number of nitrogens with zero attached hydrogens (tertiary/aromatic N) is 2. The number of anilines is 2. The molecule has 6 nitrogen and oxygen atoms in total. The normalized spacial score (nSPS) is 11.2. The van der Waals surface area contributed by atoms with E-state index in [0.29, 0.717) is 17.0 Å². The third kappa shape index (κ3) is 3.88. The second-order valence-corrected chi connectivity index (χ2v) is 6.54. The van der Waals surface area contributed by atoms with Crippen molar-refractivity contribution in [1.82, 2.24) is 9.97 Å². The highest BCUT2D eigenvalue weighted by Crippen LogP contribution is 2.25. The Bertz CT molecular complexity index is 737. The number of aromatic nitrogens is 2. The second-order valence-electron chi connectivity index (χ2n) is 4.00. The first-order chi connectivity index (χ1) is 9.92. The fraction of sp³-hybridized carbons (Fsp3) is 0.167. The van der Waals surface area contributed by atoms with E-state index in [0.717, 1.165) is 6.07 Å². The molecular weight excluding hydrogens is 363 g/mol. The lowest BCUT2D eigenvalue weighted by Gasteiger charge is -2.10. The van der Waals surface area contributed by atoms with Crippen molar-refractivity contribution in [3.63, 3.8) is 0 Å². The maximum atomic E-state index is 13.2. The predicted octanol–water partition coefficient (Wildman–Crippen LogP) is 2.61. The first-order valence-electron chi connectivity index (χ1n) is 5.96. The van der Waals surface area contributed by atoms with Crippen molar-refractivity contribution in [2.75, 3.05) is 16.6 Å². The number of halogens is 2. The van der Waals surface area contributed by atoms with Crippen LogP contribution >= 0.6 is 15.9 Å². The number of nitrogens with one attached hydrogen (secondary N) is 2. The van der Waals surface area contributed by atoms with E-state index in [4.69, 9.17) is 0 Å². The molecule has 9 heteroatoms. The van der Waals surface area contributed by atoms with Crippen molar-refractivity contribution in [3.05, 3.63) is 40.9 Å². The van der Waals surface area contributed by atoms with Crippen LogP contribution in [0.15, 0.2) is 40.0 Å². The van der Waals surface area contributed by atoms with Crippen LogP contribution in [0.2, 0.25) is 0 Å². The van der Waals surface area contributed by atoms with Gasteiger partial charge in [-0.1, -0.05) is 0 Å². The third-order valence-corrected chi connectivity index (χ3v) is 4.46. The summed E-state index contributed by atoms with van der Waals surface area (Å²) in [6, 6.07) is 3.71. The van der Waals surface area contributed by atoms with Gasteiger partial charge < -0.3 is 5.32 Å². The smallest absolute Gasteiger partial charge is 0.265 e. The van der Waals surface area contributed by atoms with E-state index in [1.54, 1.807) is 0 Å². The summed E-state index contributed by atoms with van der Waals surface area (Å²) in [5.74, 6) is -0.210. The third-order valence-electron chi connectivity index (χ3n) is 2.45. The van der Waals surface area contributed by atoms with Gasteiger partial charge in [-0.25, -0.2) is 22.8 Å². The van der Waals surface area contributed by atoms with Crippen LogP contribution in [0.4, 0.5) is 16.0 Å². The minimum Gasteiger partial charge on any atom is -0.355 e. The van der Waals surface area contributed by atoms with E-state index >= 15 is 0 Å². The molecule has 0 aliphatic rings. The molecule has 0 amide bonds. The maximum Gasteiger partial charge on any atom is 0.265 e. The summed E-state index contributed by atoms with van der Waals surface area (Å²) in [5.41, 5.74) is 0.103. The van der Waals surface area contributed by atoms with Gasteiger partial charge in [0.1, 0.15) is 10.7 Å². The molecule has 0 aliphatic carbocycles. The number of rotatable bonds is 5. The summed E-state index contributed by atoms with van der Waals surface area (Å²) < 4.78 is 40.2. The van der Waals surface area contributed by atoms with Crippen LogP contribution in [0.5, 0.6) is 0 Å². The van der Waals surface area contributed by atoms with E-state index in [-0.39, 0.29) is 10.6 Å². The fourth-order valence-electron chi connectivity index (χ4n) is 1.48. The van der Waals surface area contributed by atoms with Crippen molar-refractivity contribution >= 4 is 37.6 Å². The molecule has 1 aromatic heterocycles. The van der Waals surface area contributed by atoms with Crippen LogP contribution in [0.1, 0.15) is 6.92 Å². The summed E-state index contributed by atoms with van der Waals surface area (Å²) in [6.07, 6.45) is 2.36. The molecular formula is C12H12BrFN4O2S. The summed E-state index contributed by atoms with van der Waals surface area (Å²) in [6.45, 7) is 2.50. The lowest BCUT2D eigenvalue weighted by molar-refractivity contribution is 0.600. The predicted molar refractivity (Wildman–Crippen MR) is 81.1 cm³/mol. The molecule has 0 unspecified atom stereocenters. The SMILES string of the molecule is CCNc1ncc(S(=O)(=O)Nc2cc(F)ccc2Br)cn1. The van der Waals surface area contributed by atoms with Crippen molar-refractivity contribution in [2.24, 2.45) is 0 Å². The van der Waals surface area contributed by atoms with Gasteiger partial charge in [0.05, 0.1) is 18.1 Å². The molecule has 0 saturated heterocycles. The Labute approximate surface area is 130 Å². The second kappa shape index (κ2) is 6.35. The molecule has 0 spiro atoms. The summed E-state index contributed by atoms with van der Waals surface area (Å²) in [5, 5.41) is 2.86. The van der Waals surface area contributed by atoms with Gasteiger partial charge in [-0.2, -0.15) is 0 Å². The van der Waals surface area contributed by atoms with E-state index in [1.165, 1.54) is 24.5 Å². The molecule has 1 aromatic carbocycles. The largest absolute Gasteiger partial charge is 0.355 e. The molecule has 0 fully saturated rings. The number of benzene rings is 1. The van der Waals surface area contributed by atoms with Crippen LogP contribution in [0, 0.1) is 5.82 Å². The highest BCUT2D eigenvalue weighted by atomic mass is 79.9. The van der Waals surface area contributed by atoms with Crippen LogP contribution in [-0.4, -0.2) is 24.9 Å².